The Kier molecular flexibility index (Phi) is 4.01. The molecule has 88 valence electrons. The molecule has 0 aliphatic heterocycles. The lowest BCUT2D eigenvalue weighted by Gasteiger charge is -2.13. The molecule has 0 aliphatic carbocycles. The zero-order valence-electron chi connectivity index (χ0n) is 9.03. The average molecular weight is 245 g/mol. The van der Waals surface area contributed by atoms with Crippen molar-refractivity contribution in [2.75, 3.05) is 6.61 Å². The molecule has 0 heterocycles. The van der Waals surface area contributed by atoms with E-state index in [1.54, 1.807) is 13.8 Å². The van der Waals surface area contributed by atoms with E-state index in [4.69, 9.17) is 16.3 Å². The van der Waals surface area contributed by atoms with Gasteiger partial charge in [-0.1, -0.05) is 11.6 Å². The van der Waals surface area contributed by atoms with Gasteiger partial charge in [-0.2, -0.15) is 0 Å². The van der Waals surface area contributed by atoms with Crippen molar-refractivity contribution in [2.45, 2.75) is 19.8 Å². The van der Waals surface area contributed by atoms with Crippen molar-refractivity contribution >= 4 is 17.6 Å². The summed E-state index contributed by atoms with van der Waals surface area (Å²) in [4.78, 5) is 11.5. The molecular weight excluding hydrogens is 232 g/mol. The fourth-order valence-corrected chi connectivity index (χ4v) is 1.62. The third-order valence-corrected chi connectivity index (χ3v) is 2.53. The Bertz CT molecular complexity index is 403. The molecule has 0 spiro atoms. The van der Waals surface area contributed by atoms with E-state index in [1.165, 1.54) is 12.1 Å². The van der Waals surface area contributed by atoms with E-state index in [1.807, 2.05) is 0 Å². The van der Waals surface area contributed by atoms with E-state index < -0.39 is 11.9 Å². The first-order chi connectivity index (χ1) is 7.47. The van der Waals surface area contributed by atoms with Gasteiger partial charge in [0.25, 0.3) is 0 Å². The molecule has 0 aromatic heterocycles. The topological polar surface area (TPSA) is 66.8 Å². The predicted molar refractivity (Wildman–Crippen MR) is 59.8 cm³/mol. The number of ether oxygens (including phenoxy) is 1. The SMILES string of the molecule is CCOC(=O)C(C)c1cc(O)c(O)cc1Cl. The van der Waals surface area contributed by atoms with Gasteiger partial charge in [0, 0.05) is 11.1 Å². The zero-order chi connectivity index (χ0) is 12.3. The lowest BCUT2D eigenvalue weighted by Crippen LogP contribution is -2.13. The van der Waals surface area contributed by atoms with Gasteiger partial charge in [0.05, 0.1) is 12.5 Å². The Morgan fingerprint density at radius 2 is 2.00 bits per heavy atom. The van der Waals surface area contributed by atoms with Crippen LogP contribution in [0.4, 0.5) is 0 Å². The number of phenols is 2. The lowest BCUT2D eigenvalue weighted by atomic mass is 10.0. The van der Waals surface area contributed by atoms with Crippen LogP contribution in [0.25, 0.3) is 0 Å². The second-order valence-corrected chi connectivity index (χ2v) is 3.74. The highest BCUT2D eigenvalue weighted by molar-refractivity contribution is 6.31. The third kappa shape index (κ3) is 2.58. The van der Waals surface area contributed by atoms with Gasteiger partial charge in [0.1, 0.15) is 0 Å². The number of esters is 1. The molecule has 1 unspecified atom stereocenters. The largest absolute Gasteiger partial charge is 0.504 e. The summed E-state index contributed by atoms with van der Waals surface area (Å²) < 4.78 is 4.84. The van der Waals surface area contributed by atoms with E-state index in [9.17, 15) is 15.0 Å². The van der Waals surface area contributed by atoms with Crippen molar-refractivity contribution in [3.05, 3.63) is 22.7 Å². The molecule has 1 aromatic rings. The first-order valence-corrected chi connectivity index (χ1v) is 5.23. The number of aromatic hydroxyl groups is 2. The zero-order valence-corrected chi connectivity index (χ0v) is 9.78. The molecule has 5 heteroatoms. The normalized spacial score (nSPS) is 12.2. The number of carbonyl (C=O) groups is 1. The van der Waals surface area contributed by atoms with E-state index in [-0.39, 0.29) is 23.1 Å². The van der Waals surface area contributed by atoms with Crippen molar-refractivity contribution in [3.63, 3.8) is 0 Å². The van der Waals surface area contributed by atoms with Gasteiger partial charge in [-0.3, -0.25) is 4.79 Å². The summed E-state index contributed by atoms with van der Waals surface area (Å²) in [7, 11) is 0. The molecule has 0 amide bonds. The molecule has 1 rings (SSSR count). The van der Waals surface area contributed by atoms with Crippen molar-refractivity contribution in [3.8, 4) is 11.5 Å². The summed E-state index contributed by atoms with van der Waals surface area (Å²) >= 11 is 5.86. The van der Waals surface area contributed by atoms with Crippen molar-refractivity contribution in [1.82, 2.24) is 0 Å². The number of carbonyl (C=O) groups excluding carboxylic acids is 1. The Balaban J connectivity index is 3.04. The van der Waals surface area contributed by atoms with Crippen LogP contribution in [-0.2, 0) is 9.53 Å². The molecule has 4 nitrogen and oxygen atoms in total. The number of benzene rings is 1. The smallest absolute Gasteiger partial charge is 0.313 e. The maximum absolute atomic E-state index is 11.5. The summed E-state index contributed by atoms with van der Waals surface area (Å²) in [6, 6.07) is 2.46. The molecule has 16 heavy (non-hydrogen) atoms. The highest BCUT2D eigenvalue weighted by Crippen LogP contribution is 2.35. The Labute approximate surface area is 98.4 Å². The van der Waals surface area contributed by atoms with Crippen molar-refractivity contribution in [2.24, 2.45) is 0 Å². The second kappa shape index (κ2) is 5.07. The quantitative estimate of drug-likeness (QED) is 0.633. The van der Waals surface area contributed by atoms with Crippen LogP contribution in [0, 0.1) is 0 Å². The fourth-order valence-electron chi connectivity index (χ4n) is 1.29. The molecule has 1 aromatic carbocycles. The molecule has 0 radical (unpaired) electrons. The highest BCUT2D eigenvalue weighted by atomic mass is 35.5. The van der Waals surface area contributed by atoms with Crippen LogP contribution >= 0.6 is 11.6 Å². The predicted octanol–water partition coefficient (Wildman–Crippen LogP) is 2.42. The average Bonchev–Trinajstić information content (AvgIpc) is 2.23. The molecule has 0 saturated heterocycles. The van der Waals surface area contributed by atoms with E-state index in [0.29, 0.717) is 5.56 Å². The van der Waals surface area contributed by atoms with E-state index >= 15 is 0 Å². The minimum Gasteiger partial charge on any atom is -0.504 e. The number of hydrogen-bond acceptors (Lipinski definition) is 4. The van der Waals surface area contributed by atoms with Crippen LogP contribution in [0.15, 0.2) is 12.1 Å². The van der Waals surface area contributed by atoms with Crippen LogP contribution in [0.3, 0.4) is 0 Å². The number of rotatable bonds is 3. The molecule has 1 atom stereocenters. The van der Waals surface area contributed by atoms with Gasteiger partial charge >= 0.3 is 5.97 Å². The third-order valence-electron chi connectivity index (χ3n) is 2.20. The maximum Gasteiger partial charge on any atom is 0.313 e. The number of phenolic OH excluding ortho intramolecular Hbond substituents is 2. The van der Waals surface area contributed by atoms with Gasteiger partial charge in [-0.25, -0.2) is 0 Å². The van der Waals surface area contributed by atoms with Crippen LogP contribution in [0.1, 0.15) is 25.3 Å². The maximum atomic E-state index is 11.5. The molecule has 0 aliphatic rings. The second-order valence-electron chi connectivity index (χ2n) is 3.34. The van der Waals surface area contributed by atoms with Gasteiger partial charge in [-0.15, -0.1) is 0 Å². The van der Waals surface area contributed by atoms with Crippen LogP contribution in [-0.4, -0.2) is 22.8 Å². The standard InChI is InChI=1S/C11H13ClO4/c1-3-16-11(15)6(2)7-4-9(13)10(14)5-8(7)12/h4-6,13-14H,3H2,1-2H3. The molecule has 0 fully saturated rings. The first-order valence-electron chi connectivity index (χ1n) is 4.85. The highest BCUT2D eigenvalue weighted by Gasteiger charge is 2.20. The Hall–Kier alpha value is -1.42. The summed E-state index contributed by atoms with van der Waals surface area (Å²) in [6.07, 6.45) is 0. The van der Waals surface area contributed by atoms with Crippen LogP contribution in [0.2, 0.25) is 5.02 Å². The Morgan fingerprint density at radius 3 is 2.56 bits per heavy atom. The monoisotopic (exact) mass is 244 g/mol. The summed E-state index contributed by atoms with van der Waals surface area (Å²) in [5, 5.41) is 18.7. The van der Waals surface area contributed by atoms with E-state index in [2.05, 4.69) is 0 Å². The lowest BCUT2D eigenvalue weighted by molar-refractivity contribution is -0.144. The van der Waals surface area contributed by atoms with E-state index in [0.717, 1.165) is 0 Å². The minimum absolute atomic E-state index is 0.218. The summed E-state index contributed by atoms with van der Waals surface area (Å²) in [6.45, 7) is 3.61. The molecule has 2 N–H and O–H groups in total. The van der Waals surface area contributed by atoms with Crippen molar-refractivity contribution < 1.29 is 19.7 Å². The van der Waals surface area contributed by atoms with Crippen LogP contribution in [0.5, 0.6) is 11.5 Å². The molecule has 0 saturated carbocycles. The number of hydrogen-bond donors (Lipinski definition) is 2. The van der Waals surface area contributed by atoms with Crippen LogP contribution < -0.4 is 0 Å². The fraction of sp³-hybridized carbons (Fsp3) is 0.364. The minimum atomic E-state index is -0.584. The Morgan fingerprint density at radius 1 is 1.44 bits per heavy atom. The number of halogens is 1. The van der Waals surface area contributed by atoms with Gasteiger partial charge in [-0.05, 0) is 25.5 Å². The summed E-state index contributed by atoms with van der Waals surface area (Å²) in [5.74, 6) is -1.63. The first kappa shape index (κ1) is 12.6. The van der Waals surface area contributed by atoms with Crippen molar-refractivity contribution in [1.29, 1.82) is 0 Å². The summed E-state index contributed by atoms with van der Waals surface area (Å²) in [5.41, 5.74) is 0.426. The molecule has 0 bridgehead atoms. The van der Waals surface area contributed by atoms with Gasteiger partial charge in [0.15, 0.2) is 11.5 Å². The molecular formula is C11H13ClO4. The van der Waals surface area contributed by atoms with Gasteiger partial charge in [0.2, 0.25) is 0 Å². The van der Waals surface area contributed by atoms with Gasteiger partial charge < -0.3 is 14.9 Å².